The Morgan fingerprint density at radius 2 is 2.15 bits per heavy atom. The summed E-state index contributed by atoms with van der Waals surface area (Å²) in [5, 5.41) is 15.7. The van der Waals surface area contributed by atoms with Gasteiger partial charge in [0.25, 0.3) is 0 Å². The molecule has 2 aliphatic rings. The number of piperidine rings is 1. The van der Waals surface area contributed by atoms with Crippen LogP contribution in [0.4, 0.5) is 0 Å². The summed E-state index contributed by atoms with van der Waals surface area (Å²) in [5.74, 6) is -0.276. The molecule has 5 heteroatoms. The Hall–Kier alpha value is -1.10. The molecular weight excluding hydrogens is 256 g/mol. The molecule has 1 aliphatic carbocycles. The first kappa shape index (κ1) is 15.3. The highest BCUT2D eigenvalue weighted by Gasteiger charge is 2.43. The topological polar surface area (TPSA) is 78.4 Å². The number of amides is 1. The smallest absolute Gasteiger partial charge is 0.329 e. The Labute approximate surface area is 120 Å². The molecule has 20 heavy (non-hydrogen) atoms. The van der Waals surface area contributed by atoms with E-state index in [9.17, 15) is 14.7 Å². The van der Waals surface area contributed by atoms with Crippen LogP contribution >= 0.6 is 0 Å². The van der Waals surface area contributed by atoms with E-state index in [4.69, 9.17) is 0 Å². The normalized spacial score (nSPS) is 34.5. The van der Waals surface area contributed by atoms with Gasteiger partial charge in [-0.1, -0.05) is 19.8 Å². The van der Waals surface area contributed by atoms with Crippen LogP contribution in [-0.4, -0.2) is 35.6 Å². The third kappa shape index (κ3) is 3.72. The van der Waals surface area contributed by atoms with Gasteiger partial charge < -0.3 is 15.7 Å². The molecule has 2 fully saturated rings. The van der Waals surface area contributed by atoms with Crippen molar-refractivity contribution in [2.24, 2.45) is 11.8 Å². The number of carboxylic acids is 1. The van der Waals surface area contributed by atoms with E-state index in [1.54, 1.807) is 0 Å². The molecule has 0 aromatic heterocycles. The van der Waals surface area contributed by atoms with Crippen LogP contribution in [0.25, 0.3) is 0 Å². The first-order valence-corrected chi connectivity index (χ1v) is 7.77. The van der Waals surface area contributed by atoms with Gasteiger partial charge in [-0.2, -0.15) is 0 Å². The molecule has 1 saturated heterocycles. The average molecular weight is 282 g/mol. The zero-order chi connectivity index (χ0) is 14.6. The van der Waals surface area contributed by atoms with Crippen LogP contribution in [0.15, 0.2) is 0 Å². The highest BCUT2D eigenvalue weighted by molar-refractivity contribution is 5.87. The minimum atomic E-state index is -1.03. The van der Waals surface area contributed by atoms with Crippen molar-refractivity contribution in [2.75, 3.05) is 13.1 Å². The number of aliphatic carboxylic acids is 1. The molecule has 1 amide bonds. The van der Waals surface area contributed by atoms with Crippen LogP contribution in [0.3, 0.4) is 0 Å². The Balaban J connectivity index is 1.93. The van der Waals surface area contributed by atoms with E-state index < -0.39 is 11.5 Å². The van der Waals surface area contributed by atoms with Gasteiger partial charge in [-0.05, 0) is 50.6 Å². The second-order valence-electron chi connectivity index (χ2n) is 6.55. The summed E-state index contributed by atoms with van der Waals surface area (Å²) < 4.78 is 0. The second-order valence-corrected chi connectivity index (χ2v) is 6.55. The van der Waals surface area contributed by atoms with Gasteiger partial charge in [-0.3, -0.25) is 4.79 Å². The van der Waals surface area contributed by atoms with Crippen molar-refractivity contribution in [1.82, 2.24) is 10.6 Å². The molecule has 3 atom stereocenters. The lowest BCUT2D eigenvalue weighted by Crippen LogP contribution is -2.57. The van der Waals surface area contributed by atoms with E-state index in [-0.39, 0.29) is 5.91 Å². The SMILES string of the molecule is CC1CCCC(NC(=O)CC2CCCNC2)(C(=O)O)C1. The van der Waals surface area contributed by atoms with Crippen molar-refractivity contribution in [3.63, 3.8) is 0 Å². The monoisotopic (exact) mass is 282 g/mol. The van der Waals surface area contributed by atoms with Crippen molar-refractivity contribution < 1.29 is 14.7 Å². The van der Waals surface area contributed by atoms with Gasteiger partial charge in [0, 0.05) is 6.42 Å². The van der Waals surface area contributed by atoms with Gasteiger partial charge >= 0.3 is 5.97 Å². The van der Waals surface area contributed by atoms with Crippen LogP contribution in [0.5, 0.6) is 0 Å². The fraction of sp³-hybridized carbons (Fsp3) is 0.867. The molecule has 5 nitrogen and oxygen atoms in total. The van der Waals surface area contributed by atoms with Gasteiger partial charge in [-0.25, -0.2) is 4.79 Å². The van der Waals surface area contributed by atoms with Gasteiger partial charge in [-0.15, -0.1) is 0 Å². The fourth-order valence-corrected chi connectivity index (χ4v) is 3.59. The van der Waals surface area contributed by atoms with Gasteiger partial charge in [0.15, 0.2) is 0 Å². The number of rotatable bonds is 4. The lowest BCUT2D eigenvalue weighted by molar-refractivity contribution is -0.150. The van der Waals surface area contributed by atoms with Crippen LogP contribution in [0, 0.1) is 11.8 Å². The van der Waals surface area contributed by atoms with E-state index in [0.29, 0.717) is 31.1 Å². The summed E-state index contributed by atoms with van der Waals surface area (Å²) in [6.45, 7) is 3.95. The number of carbonyl (C=O) groups is 2. The van der Waals surface area contributed by atoms with E-state index in [1.165, 1.54) is 0 Å². The predicted molar refractivity (Wildman–Crippen MR) is 76.4 cm³/mol. The summed E-state index contributed by atoms with van der Waals surface area (Å²) in [6.07, 6.45) is 5.63. The summed E-state index contributed by atoms with van der Waals surface area (Å²) in [4.78, 5) is 23.8. The van der Waals surface area contributed by atoms with E-state index in [2.05, 4.69) is 17.6 Å². The minimum Gasteiger partial charge on any atom is -0.480 e. The number of hydrogen-bond acceptors (Lipinski definition) is 3. The molecule has 1 heterocycles. The maximum atomic E-state index is 12.2. The molecule has 0 aromatic carbocycles. The molecule has 0 radical (unpaired) electrons. The van der Waals surface area contributed by atoms with Crippen LogP contribution in [0.2, 0.25) is 0 Å². The van der Waals surface area contributed by atoms with Crippen molar-refractivity contribution in [2.45, 2.75) is 57.4 Å². The van der Waals surface area contributed by atoms with Crippen LogP contribution in [0.1, 0.15) is 51.9 Å². The highest BCUT2D eigenvalue weighted by atomic mass is 16.4. The molecule has 3 unspecified atom stereocenters. The number of carbonyl (C=O) groups excluding carboxylic acids is 1. The highest BCUT2D eigenvalue weighted by Crippen LogP contribution is 2.32. The maximum Gasteiger partial charge on any atom is 0.329 e. The molecule has 1 saturated carbocycles. The summed E-state index contributed by atoms with van der Waals surface area (Å²) in [5.41, 5.74) is -1.03. The zero-order valence-electron chi connectivity index (χ0n) is 12.3. The Morgan fingerprint density at radius 3 is 2.75 bits per heavy atom. The molecule has 0 bridgehead atoms. The molecule has 114 valence electrons. The Bertz CT molecular complexity index is 366. The third-order valence-corrected chi connectivity index (χ3v) is 4.66. The number of hydrogen-bond donors (Lipinski definition) is 3. The number of carboxylic acid groups (broad SMARTS) is 1. The van der Waals surface area contributed by atoms with E-state index >= 15 is 0 Å². The largest absolute Gasteiger partial charge is 0.480 e. The molecule has 2 rings (SSSR count). The van der Waals surface area contributed by atoms with E-state index in [0.717, 1.165) is 38.8 Å². The minimum absolute atomic E-state index is 0.102. The predicted octanol–water partition coefficient (Wildman–Crippen LogP) is 1.53. The quantitative estimate of drug-likeness (QED) is 0.730. The summed E-state index contributed by atoms with van der Waals surface area (Å²) in [7, 11) is 0. The summed E-state index contributed by atoms with van der Waals surface area (Å²) >= 11 is 0. The maximum absolute atomic E-state index is 12.2. The third-order valence-electron chi connectivity index (χ3n) is 4.66. The lowest BCUT2D eigenvalue weighted by Gasteiger charge is -2.37. The first-order chi connectivity index (χ1) is 9.52. The van der Waals surface area contributed by atoms with Gasteiger partial charge in [0.05, 0.1) is 0 Å². The van der Waals surface area contributed by atoms with Crippen molar-refractivity contribution in [3.8, 4) is 0 Å². The van der Waals surface area contributed by atoms with Crippen molar-refractivity contribution in [3.05, 3.63) is 0 Å². The zero-order valence-corrected chi connectivity index (χ0v) is 12.3. The Kier molecular flexibility index (Phi) is 5.02. The summed E-state index contributed by atoms with van der Waals surface area (Å²) in [6, 6.07) is 0. The standard InChI is InChI=1S/C15H26N2O3/c1-11-4-2-6-15(9-11,14(19)20)17-13(18)8-12-5-3-7-16-10-12/h11-12,16H,2-10H2,1H3,(H,17,18)(H,19,20). The van der Waals surface area contributed by atoms with Gasteiger partial charge in [0.2, 0.25) is 5.91 Å². The van der Waals surface area contributed by atoms with Crippen molar-refractivity contribution >= 4 is 11.9 Å². The molecule has 0 spiro atoms. The van der Waals surface area contributed by atoms with Crippen molar-refractivity contribution in [1.29, 1.82) is 0 Å². The molecule has 1 aliphatic heterocycles. The van der Waals surface area contributed by atoms with E-state index in [1.807, 2.05) is 0 Å². The Morgan fingerprint density at radius 1 is 1.35 bits per heavy atom. The second kappa shape index (κ2) is 6.57. The molecular formula is C15H26N2O3. The first-order valence-electron chi connectivity index (χ1n) is 7.77. The molecule has 3 N–H and O–H groups in total. The fourth-order valence-electron chi connectivity index (χ4n) is 3.59. The van der Waals surface area contributed by atoms with Crippen LogP contribution in [-0.2, 0) is 9.59 Å². The van der Waals surface area contributed by atoms with Gasteiger partial charge in [0.1, 0.15) is 5.54 Å². The average Bonchev–Trinajstić information content (AvgIpc) is 2.39. The lowest BCUT2D eigenvalue weighted by atomic mass is 9.76. The van der Waals surface area contributed by atoms with Crippen LogP contribution < -0.4 is 10.6 Å². The number of nitrogens with one attached hydrogen (secondary N) is 2. The molecule has 0 aromatic rings.